The van der Waals surface area contributed by atoms with Crippen LogP contribution in [0.4, 0.5) is 5.69 Å². The van der Waals surface area contributed by atoms with E-state index >= 15 is 0 Å². The van der Waals surface area contributed by atoms with Crippen molar-refractivity contribution >= 4 is 23.5 Å². The van der Waals surface area contributed by atoms with Crippen LogP contribution in [0.1, 0.15) is 11.1 Å². The second kappa shape index (κ2) is 8.44. The summed E-state index contributed by atoms with van der Waals surface area (Å²) in [5.41, 5.74) is 2.48. The van der Waals surface area contributed by atoms with Crippen LogP contribution >= 0.6 is 0 Å². The molecule has 0 saturated heterocycles. The van der Waals surface area contributed by atoms with Gasteiger partial charge in [0.2, 0.25) is 11.9 Å². The van der Waals surface area contributed by atoms with Crippen molar-refractivity contribution in [2.24, 2.45) is 0 Å². The summed E-state index contributed by atoms with van der Waals surface area (Å²) in [6.07, 6.45) is 1.83. The Bertz CT molecular complexity index is 1040. The molecule has 29 heavy (non-hydrogen) atoms. The highest BCUT2D eigenvalue weighted by molar-refractivity contribution is 6.16. The van der Waals surface area contributed by atoms with E-state index in [4.69, 9.17) is 9.47 Å². The molecule has 0 saturated carbocycles. The summed E-state index contributed by atoms with van der Waals surface area (Å²) < 4.78 is 11.3. The van der Waals surface area contributed by atoms with Crippen LogP contribution in [0.5, 0.6) is 11.5 Å². The minimum absolute atomic E-state index is 0.415. The lowest BCUT2D eigenvalue weighted by Crippen LogP contribution is -2.42. The SMILES string of the molecule is O=C(C=Cc1ccc(OCc2ccccc2)cc1)C1Oc2ccccc2NC1=O. The minimum Gasteiger partial charge on any atom is -0.489 e. The van der Waals surface area contributed by atoms with Crippen molar-refractivity contribution in [1.29, 1.82) is 0 Å². The first-order valence-corrected chi connectivity index (χ1v) is 9.24. The van der Waals surface area contributed by atoms with Crippen LogP contribution in [0, 0.1) is 0 Å². The van der Waals surface area contributed by atoms with Gasteiger partial charge in [-0.15, -0.1) is 0 Å². The van der Waals surface area contributed by atoms with Crippen LogP contribution in [0.25, 0.3) is 6.08 Å². The van der Waals surface area contributed by atoms with Crippen LogP contribution in [-0.4, -0.2) is 17.8 Å². The highest BCUT2D eigenvalue weighted by atomic mass is 16.5. The number of carbonyl (C=O) groups is 2. The van der Waals surface area contributed by atoms with Gasteiger partial charge in [0.1, 0.15) is 18.1 Å². The van der Waals surface area contributed by atoms with Gasteiger partial charge in [0, 0.05) is 0 Å². The third kappa shape index (κ3) is 4.52. The monoisotopic (exact) mass is 385 g/mol. The molecule has 3 aromatic rings. The second-order valence-electron chi connectivity index (χ2n) is 6.56. The summed E-state index contributed by atoms with van der Waals surface area (Å²) in [5.74, 6) is 0.340. The summed E-state index contributed by atoms with van der Waals surface area (Å²) in [6.45, 7) is 0.490. The van der Waals surface area contributed by atoms with Gasteiger partial charge in [-0.05, 0) is 41.5 Å². The van der Waals surface area contributed by atoms with Gasteiger partial charge in [-0.2, -0.15) is 0 Å². The number of ketones is 1. The number of benzene rings is 3. The van der Waals surface area contributed by atoms with Crippen LogP contribution in [0.15, 0.2) is 84.9 Å². The molecule has 1 N–H and O–H groups in total. The lowest BCUT2D eigenvalue weighted by molar-refractivity contribution is -0.132. The summed E-state index contributed by atoms with van der Waals surface area (Å²) in [4.78, 5) is 24.6. The molecule has 1 amide bonds. The fourth-order valence-electron chi connectivity index (χ4n) is 2.92. The van der Waals surface area contributed by atoms with Gasteiger partial charge in [0.05, 0.1) is 5.69 Å². The number of ether oxygens (including phenoxy) is 2. The Morgan fingerprint density at radius 2 is 1.69 bits per heavy atom. The molecule has 0 fully saturated rings. The quantitative estimate of drug-likeness (QED) is 0.509. The lowest BCUT2D eigenvalue weighted by Gasteiger charge is -2.23. The Hall–Kier alpha value is -3.86. The largest absolute Gasteiger partial charge is 0.489 e. The lowest BCUT2D eigenvalue weighted by atomic mass is 10.1. The number of hydrogen-bond acceptors (Lipinski definition) is 4. The highest BCUT2D eigenvalue weighted by Gasteiger charge is 2.32. The van der Waals surface area contributed by atoms with E-state index in [-0.39, 0.29) is 0 Å². The zero-order valence-electron chi connectivity index (χ0n) is 15.6. The van der Waals surface area contributed by atoms with E-state index in [9.17, 15) is 9.59 Å². The molecule has 4 rings (SSSR count). The number of rotatable bonds is 6. The summed E-state index contributed by atoms with van der Waals surface area (Å²) in [7, 11) is 0. The number of hydrogen-bond donors (Lipinski definition) is 1. The van der Waals surface area contributed by atoms with Gasteiger partial charge >= 0.3 is 0 Å². The molecule has 1 unspecified atom stereocenters. The third-order valence-electron chi connectivity index (χ3n) is 4.45. The van der Waals surface area contributed by atoms with E-state index in [1.807, 2.05) is 54.6 Å². The van der Waals surface area contributed by atoms with Crippen molar-refractivity contribution in [2.45, 2.75) is 12.7 Å². The summed E-state index contributed by atoms with van der Waals surface area (Å²) in [6, 6.07) is 24.3. The van der Waals surface area contributed by atoms with Crippen LogP contribution in [0.2, 0.25) is 0 Å². The van der Waals surface area contributed by atoms with Crippen LogP contribution < -0.4 is 14.8 Å². The Morgan fingerprint density at radius 3 is 2.48 bits per heavy atom. The zero-order chi connectivity index (χ0) is 20.1. The zero-order valence-corrected chi connectivity index (χ0v) is 15.6. The predicted octanol–water partition coefficient (Wildman–Crippen LogP) is 4.25. The summed E-state index contributed by atoms with van der Waals surface area (Å²) in [5, 5.41) is 2.69. The third-order valence-corrected chi connectivity index (χ3v) is 4.45. The second-order valence-corrected chi connectivity index (χ2v) is 6.56. The van der Waals surface area contributed by atoms with Crippen molar-refractivity contribution < 1.29 is 19.1 Å². The highest BCUT2D eigenvalue weighted by Crippen LogP contribution is 2.29. The number of nitrogens with one attached hydrogen (secondary N) is 1. The van der Waals surface area contributed by atoms with Crippen molar-refractivity contribution in [2.75, 3.05) is 5.32 Å². The fourth-order valence-corrected chi connectivity index (χ4v) is 2.92. The summed E-state index contributed by atoms with van der Waals surface area (Å²) >= 11 is 0. The first kappa shape index (κ1) is 18.5. The molecule has 1 aliphatic heterocycles. The Balaban J connectivity index is 1.36. The molecule has 1 aliphatic rings. The molecular formula is C24H19NO4. The number of anilines is 1. The van der Waals surface area contributed by atoms with Crippen molar-refractivity contribution in [1.82, 2.24) is 0 Å². The van der Waals surface area contributed by atoms with Crippen LogP contribution in [-0.2, 0) is 16.2 Å². The molecule has 0 radical (unpaired) electrons. The van der Waals surface area contributed by atoms with Gasteiger partial charge in [-0.25, -0.2) is 0 Å². The Morgan fingerprint density at radius 1 is 0.966 bits per heavy atom. The first-order valence-electron chi connectivity index (χ1n) is 9.24. The normalized spacial score (nSPS) is 15.3. The van der Waals surface area contributed by atoms with Crippen molar-refractivity contribution in [3.8, 4) is 11.5 Å². The van der Waals surface area contributed by atoms with Gasteiger partial charge in [0.15, 0.2) is 0 Å². The van der Waals surface area contributed by atoms with Gasteiger partial charge in [-0.3, -0.25) is 9.59 Å². The standard InChI is InChI=1S/C24H19NO4/c26-21(23-24(27)25-20-8-4-5-9-22(20)29-23)15-12-17-10-13-19(14-11-17)28-16-18-6-2-1-3-7-18/h1-15,23H,16H2,(H,25,27). The maximum absolute atomic E-state index is 12.4. The van der Waals surface area contributed by atoms with E-state index in [0.29, 0.717) is 18.0 Å². The van der Waals surface area contributed by atoms with E-state index in [1.54, 1.807) is 30.3 Å². The van der Waals surface area contributed by atoms with E-state index in [1.165, 1.54) is 6.08 Å². The molecule has 0 aliphatic carbocycles. The Kier molecular flexibility index (Phi) is 5.38. The van der Waals surface area contributed by atoms with Gasteiger partial charge in [-0.1, -0.05) is 60.7 Å². The number of fused-ring (bicyclic) bond motifs is 1. The van der Waals surface area contributed by atoms with Gasteiger partial charge < -0.3 is 14.8 Å². The molecule has 0 bridgehead atoms. The molecule has 0 aromatic heterocycles. The van der Waals surface area contributed by atoms with Crippen molar-refractivity contribution in [3.63, 3.8) is 0 Å². The Labute approximate surface area is 168 Å². The maximum atomic E-state index is 12.4. The molecule has 5 nitrogen and oxygen atoms in total. The number of carbonyl (C=O) groups excluding carboxylic acids is 2. The molecule has 5 heteroatoms. The number of amides is 1. The maximum Gasteiger partial charge on any atom is 0.273 e. The van der Waals surface area contributed by atoms with Crippen molar-refractivity contribution in [3.05, 3.63) is 96.1 Å². The molecular weight excluding hydrogens is 366 g/mol. The van der Waals surface area contributed by atoms with E-state index in [0.717, 1.165) is 16.9 Å². The predicted molar refractivity (Wildman–Crippen MR) is 111 cm³/mol. The number of para-hydroxylation sites is 2. The van der Waals surface area contributed by atoms with E-state index in [2.05, 4.69) is 5.32 Å². The molecule has 1 heterocycles. The molecule has 0 spiro atoms. The van der Waals surface area contributed by atoms with Gasteiger partial charge in [0.25, 0.3) is 5.91 Å². The first-order chi connectivity index (χ1) is 14.2. The average Bonchev–Trinajstić information content (AvgIpc) is 2.77. The van der Waals surface area contributed by atoms with E-state index < -0.39 is 17.8 Å². The van der Waals surface area contributed by atoms with Crippen LogP contribution in [0.3, 0.4) is 0 Å². The molecule has 1 atom stereocenters. The molecule has 144 valence electrons. The smallest absolute Gasteiger partial charge is 0.273 e. The molecule has 3 aromatic carbocycles. The topological polar surface area (TPSA) is 64.6 Å². The fraction of sp³-hybridized carbons (Fsp3) is 0.0833. The minimum atomic E-state index is -1.19. The average molecular weight is 385 g/mol.